The topological polar surface area (TPSA) is 58.6 Å². The first-order valence-corrected chi connectivity index (χ1v) is 6.51. The molecule has 0 aromatic carbocycles. The van der Waals surface area contributed by atoms with E-state index in [2.05, 4.69) is 5.32 Å². The van der Waals surface area contributed by atoms with Crippen molar-refractivity contribution in [3.63, 3.8) is 0 Å². The highest BCUT2D eigenvalue weighted by molar-refractivity contribution is 7.12. The van der Waals surface area contributed by atoms with E-state index >= 15 is 0 Å². The molecule has 1 N–H and O–H groups in total. The lowest BCUT2D eigenvalue weighted by molar-refractivity contribution is -0.171. The number of rotatable bonds is 5. The van der Waals surface area contributed by atoms with Gasteiger partial charge in [-0.15, -0.1) is 11.3 Å². The second kappa shape index (κ2) is 6.51. The van der Waals surface area contributed by atoms with Crippen LogP contribution in [0, 0.1) is 5.92 Å². The first kappa shape index (κ1) is 14.7. The van der Waals surface area contributed by atoms with E-state index in [1.54, 1.807) is 12.1 Å². The van der Waals surface area contributed by atoms with Crippen LogP contribution in [0.3, 0.4) is 0 Å². The van der Waals surface area contributed by atoms with Crippen LogP contribution in [0.15, 0.2) is 17.5 Å². The Bertz CT molecular complexity index is 403. The van der Waals surface area contributed by atoms with Gasteiger partial charge in [0.15, 0.2) is 0 Å². The van der Waals surface area contributed by atoms with Crippen LogP contribution >= 0.6 is 11.3 Å². The molecule has 1 aromatic rings. The number of hydrogen-bond donors (Lipinski definition) is 1. The molecule has 2 amide bonds. The fraction of sp³-hybridized carbons (Fsp3) is 0.500. The van der Waals surface area contributed by atoms with Gasteiger partial charge in [-0.3, -0.25) is 14.4 Å². The number of carbonyl (C=O) groups is 2. The van der Waals surface area contributed by atoms with Crippen LogP contribution in [0.1, 0.15) is 23.5 Å². The molecule has 0 aliphatic carbocycles. The normalized spacial score (nSPS) is 12.3. The lowest BCUT2D eigenvalue weighted by atomic mass is 10.0. The fourth-order valence-electron chi connectivity index (χ4n) is 1.42. The molecule has 1 heterocycles. The Morgan fingerprint density at radius 3 is 2.56 bits per heavy atom. The van der Waals surface area contributed by atoms with Crippen molar-refractivity contribution in [2.45, 2.75) is 19.9 Å². The van der Waals surface area contributed by atoms with Crippen LogP contribution in [-0.4, -0.2) is 37.1 Å². The van der Waals surface area contributed by atoms with E-state index in [0.29, 0.717) is 4.88 Å². The minimum Gasteiger partial charge on any atom is -0.339 e. The molecule has 1 aromatic heterocycles. The van der Waals surface area contributed by atoms with E-state index in [1.807, 2.05) is 19.2 Å². The lowest BCUT2D eigenvalue weighted by Crippen LogP contribution is -2.49. The summed E-state index contributed by atoms with van der Waals surface area (Å²) < 4.78 is 0. The molecule has 1 rings (SSSR count). The highest BCUT2D eigenvalue weighted by Crippen LogP contribution is 2.11. The average Bonchev–Trinajstić information content (AvgIpc) is 2.87. The third kappa shape index (κ3) is 3.54. The number of likely N-dealkylation sites (N-methyl/N-ethyl adjacent to an activating group) is 1. The summed E-state index contributed by atoms with van der Waals surface area (Å²) >= 11 is 1.34. The maximum Gasteiger partial charge on any atom is 0.268 e. The highest BCUT2D eigenvalue weighted by atomic mass is 32.1. The number of hydroxylamine groups is 2. The van der Waals surface area contributed by atoms with Gasteiger partial charge in [-0.05, 0) is 17.4 Å². The van der Waals surface area contributed by atoms with Crippen molar-refractivity contribution in [3.8, 4) is 0 Å². The standard InChI is InChI=1S/C12H18N2O3S/c1-8(2)10(12(16)14(3)17-4)13-11(15)9-6-5-7-18-9/h5-8,10H,1-4H3,(H,13,15). The van der Waals surface area contributed by atoms with Gasteiger partial charge >= 0.3 is 0 Å². The van der Waals surface area contributed by atoms with Crippen molar-refractivity contribution in [1.82, 2.24) is 10.4 Å². The van der Waals surface area contributed by atoms with Crippen LogP contribution < -0.4 is 5.32 Å². The minimum atomic E-state index is -0.593. The molecule has 0 aliphatic rings. The van der Waals surface area contributed by atoms with Gasteiger partial charge < -0.3 is 5.32 Å². The Morgan fingerprint density at radius 2 is 2.11 bits per heavy atom. The monoisotopic (exact) mass is 270 g/mol. The summed E-state index contributed by atoms with van der Waals surface area (Å²) in [4.78, 5) is 29.4. The van der Waals surface area contributed by atoms with E-state index < -0.39 is 6.04 Å². The second-order valence-electron chi connectivity index (χ2n) is 4.19. The van der Waals surface area contributed by atoms with E-state index in [9.17, 15) is 9.59 Å². The summed E-state index contributed by atoms with van der Waals surface area (Å²) in [5.74, 6) is -0.516. The number of thiophene rings is 1. The van der Waals surface area contributed by atoms with Gasteiger partial charge in [0.2, 0.25) is 0 Å². The van der Waals surface area contributed by atoms with E-state index in [-0.39, 0.29) is 17.7 Å². The molecular formula is C12H18N2O3S. The predicted molar refractivity (Wildman–Crippen MR) is 70.2 cm³/mol. The summed E-state index contributed by atoms with van der Waals surface area (Å²) in [6.07, 6.45) is 0. The van der Waals surface area contributed by atoms with Crippen LogP contribution in [0.25, 0.3) is 0 Å². The van der Waals surface area contributed by atoms with Crippen molar-refractivity contribution in [2.24, 2.45) is 5.92 Å². The zero-order chi connectivity index (χ0) is 13.7. The van der Waals surface area contributed by atoms with Crippen LogP contribution in [0.5, 0.6) is 0 Å². The molecule has 0 spiro atoms. The molecule has 0 bridgehead atoms. The number of nitrogens with one attached hydrogen (secondary N) is 1. The van der Waals surface area contributed by atoms with E-state index in [1.165, 1.54) is 25.5 Å². The Kier molecular flexibility index (Phi) is 5.30. The quantitative estimate of drug-likeness (QED) is 0.825. The second-order valence-corrected chi connectivity index (χ2v) is 5.14. The Morgan fingerprint density at radius 1 is 1.44 bits per heavy atom. The third-order valence-corrected chi connectivity index (χ3v) is 3.42. The molecule has 0 saturated heterocycles. The van der Waals surface area contributed by atoms with Crippen LogP contribution in [0.4, 0.5) is 0 Å². The third-order valence-electron chi connectivity index (χ3n) is 2.55. The number of hydrogen-bond acceptors (Lipinski definition) is 4. The number of carbonyl (C=O) groups excluding carboxylic acids is 2. The summed E-state index contributed by atoms with van der Waals surface area (Å²) in [6.45, 7) is 3.75. The van der Waals surface area contributed by atoms with Crippen molar-refractivity contribution >= 4 is 23.2 Å². The fourth-order valence-corrected chi connectivity index (χ4v) is 2.05. The van der Waals surface area contributed by atoms with Crippen molar-refractivity contribution in [3.05, 3.63) is 22.4 Å². The zero-order valence-electron chi connectivity index (χ0n) is 11.0. The molecule has 6 heteroatoms. The average molecular weight is 270 g/mol. The first-order valence-electron chi connectivity index (χ1n) is 5.63. The number of amides is 2. The largest absolute Gasteiger partial charge is 0.339 e. The molecular weight excluding hydrogens is 252 g/mol. The Balaban J connectivity index is 2.75. The maximum absolute atomic E-state index is 12.0. The predicted octanol–water partition coefficient (Wildman–Crippen LogP) is 1.52. The van der Waals surface area contributed by atoms with Gasteiger partial charge in [0.1, 0.15) is 6.04 Å². The summed E-state index contributed by atoms with van der Waals surface area (Å²) in [7, 11) is 2.94. The smallest absolute Gasteiger partial charge is 0.268 e. The summed E-state index contributed by atoms with van der Waals surface area (Å²) in [6, 6.07) is 2.93. The van der Waals surface area contributed by atoms with Crippen LogP contribution in [-0.2, 0) is 9.63 Å². The highest BCUT2D eigenvalue weighted by Gasteiger charge is 2.27. The molecule has 18 heavy (non-hydrogen) atoms. The van der Waals surface area contributed by atoms with Gasteiger partial charge in [-0.1, -0.05) is 19.9 Å². The van der Waals surface area contributed by atoms with Crippen molar-refractivity contribution in [2.75, 3.05) is 14.2 Å². The zero-order valence-corrected chi connectivity index (χ0v) is 11.8. The molecule has 1 atom stereocenters. The van der Waals surface area contributed by atoms with Crippen molar-refractivity contribution < 1.29 is 14.4 Å². The SMILES string of the molecule is CON(C)C(=O)C(NC(=O)c1cccs1)C(C)C. The maximum atomic E-state index is 12.0. The van der Waals surface area contributed by atoms with Crippen LogP contribution in [0.2, 0.25) is 0 Å². The lowest BCUT2D eigenvalue weighted by Gasteiger charge is -2.25. The minimum absolute atomic E-state index is 0.0148. The Labute approximate surface area is 111 Å². The van der Waals surface area contributed by atoms with Gasteiger partial charge in [0.05, 0.1) is 12.0 Å². The number of nitrogens with zero attached hydrogens (tertiary/aromatic N) is 1. The molecule has 100 valence electrons. The molecule has 0 radical (unpaired) electrons. The van der Waals surface area contributed by atoms with Gasteiger partial charge in [0, 0.05) is 7.05 Å². The van der Waals surface area contributed by atoms with Gasteiger partial charge in [-0.2, -0.15) is 0 Å². The molecule has 0 saturated carbocycles. The summed E-state index contributed by atoms with van der Waals surface area (Å²) in [5, 5.41) is 5.68. The molecule has 0 fully saturated rings. The van der Waals surface area contributed by atoms with Gasteiger partial charge in [-0.25, -0.2) is 5.06 Å². The molecule has 0 aliphatic heterocycles. The van der Waals surface area contributed by atoms with Crippen molar-refractivity contribution in [1.29, 1.82) is 0 Å². The molecule has 1 unspecified atom stereocenters. The van der Waals surface area contributed by atoms with E-state index in [4.69, 9.17) is 4.84 Å². The van der Waals surface area contributed by atoms with E-state index in [0.717, 1.165) is 5.06 Å². The summed E-state index contributed by atoms with van der Waals surface area (Å²) in [5.41, 5.74) is 0. The molecule has 5 nitrogen and oxygen atoms in total. The Hall–Kier alpha value is -1.40. The first-order chi connectivity index (χ1) is 8.47. The van der Waals surface area contributed by atoms with Gasteiger partial charge in [0.25, 0.3) is 11.8 Å².